The standard InChI is InChI=1S/C22H27NO2S/c1-2-9-18-10-7-8-13-20(18)25-15-17-14-21(26-16-17)22(24)23-19-11-5-3-4-6-12-19/h2,7-10,13-14,16,19H,3-6,11-12,15H2,1H3,(H,23,24)/b9-2+. The van der Waals surface area contributed by atoms with Gasteiger partial charge in [-0.2, -0.15) is 0 Å². The molecule has 3 rings (SSSR count). The molecule has 1 saturated carbocycles. The Balaban J connectivity index is 1.57. The molecule has 0 saturated heterocycles. The fourth-order valence-corrected chi connectivity index (χ4v) is 4.14. The summed E-state index contributed by atoms with van der Waals surface area (Å²) in [6.45, 7) is 2.47. The van der Waals surface area contributed by atoms with Crippen LogP contribution in [0.25, 0.3) is 6.08 Å². The van der Waals surface area contributed by atoms with Crippen LogP contribution in [-0.2, 0) is 6.61 Å². The lowest BCUT2D eigenvalue weighted by Crippen LogP contribution is -2.33. The smallest absolute Gasteiger partial charge is 0.261 e. The molecule has 0 bridgehead atoms. The number of hydrogen-bond acceptors (Lipinski definition) is 3. The molecule has 3 nitrogen and oxygen atoms in total. The van der Waals surface area contributed by atoms with Crippen LogP contribution in [0.2, 0.25) is 0 Å². The zero-order chi connectivity index (χ0) is 18.2. The van der Waals surface area contributed by atoms with Gasteiger partial charge >= 0.3 is 0 Å². The highest BCUT2D eigenvalue weighted by Gasteiger charge is 2.17. The minimum Gasteiger partial charge on any atom is -0.488 e. The van der Waals surface area contributed by atoms with Crippen LogP contribution in [0.3, 0.4) is 0 Å². The molecule has 0 radical (unpaired) electrons. The number of nitrogens with one attached hydrogen (secondary N) is 1. The van der Waals surface area contributed by atoms with Crippen LogP contribution in [0.1, 0.15) is 66.2 Å². The van der Waals surface area contributed by atoms with Crippen LogP contribution < -0.4 is 10.1 Å². The Kier molecular flexibility index (Phi) is 6.89. The summed E-state index contributed by atoms with van der Waals surface area (Å²) < 4.78 is 5.96. The second kappa shape index (κ2) is 9.58. The summed E-state index contributed by atoms with van der Waals surface area (Å²) in [5.74, 6) is 0.920. The van der Waals surface area contributed by atoms with E-state index >= 15 is 0 Å². The SMILES string of the molecule is C/C=C/c1ccccc1OCc1csc(C(=O)NC2CCCCCC2)c1. The van der Waals surface area contributed by atoms with Gasteiger partial charge in [0.05, 0.1) is 4.88 Å². The molecule has 0 spiro atoms. The third kappa shape index (κ3) is 5.21. The highest BCUT2D eigenvalue weighted by Crippen LogP contribution is 2.23. The monoisotopic (exact) mass is 369 g/mol. The first-order valence-corrected chi connectivity index (χ1v) is 10.4. The summed E-state index contributed by atoms with van der Waals surface area (Å²) in [7, 11) is 0. The Morgan fingerprint density at radius 3 is 2.77 bits per heavy atom. The second-order valence-electron chi connectivity index (χ2n) is 6.81. The minimum atomic E-state index is 0.0578. The van der Waals surface area contributed by atoms with Gasteiger partial charge < -0.3 is 10.1 Å². The minimum absolute atomic E-state index is 0.0578. The van der Waals surface area contributed by atoms with Gasteiger partial charge in [0.1, 0.15) is 12.4 Å². The van der Waals surface area contributed by atoms with Gasteiger partial charge in [0.2, 0.25) is 0 Å². The molecular formula is C22H27NO2S. The Labute approximate surface area is 160 Å². The molecular weight excluding hydrogens is 342 g/mol. The molecule has 1 amide bonds. The summed E-state index contributed by atoms with van der Waals surface area (Å²) in [5, 5.41) is 5.22. The Bertz CT molecular complexity index is 742. The number of thiophene rings is 1. The lowest BCUT2D eigenvalue weighted by molar-refractivity contribution is 0.0937. The first-order valence-electron chi connectivity index (χ1n) is 9.49. The van der Waals surface area contributed by atoms with Crippen molar-refractivity contribution >= 4 is 23.3 Å². The van der Waals surface area contributed by atoms with Crippen molar-refractivity contribution in [3.05, 3.63) is 57.8 Å². The number of ether oxygens (including phenoxy) is 1. The maximum absolute atomic E-state index is 12.5. The van der Waals surface area contributed by atoms with E-state index < -0.39 is 0 Å². The van der Waals surface area contributed by atoms with E-state index in [4.69, 9.17) is 4.74 Å². The Morgan fingerprint density at radius 1 is 1.23 bits per heavy atom. The molecule has 1 heterocycles. The van der Waals surface area contributed by atoms with Crippen molar-refractivity contribution in [1.29, 1.82) is 0 Å². The number of carbonyl (C=O) groups excluding carboxylic acids is 1. The van der Waals surface area contributed by atoms with E-state index in [0.717, 1.165) is 34.6 Å². The van der Waals surface area contributed by atoms with E-state index in [1.807, 2.05) is 54.8 Å². The van der Waals surface area contributed by atoms with Crippen molar-refractivity contribution in [3.8, 4) is 5.75 Å². The van der Waals surface area contributed by atoms with Gasteiger partial charge in [-0.15, -0.1) is 11.3 Å². The van der Waals surface area contributed by atoms with Crippen molar-refractivity contribution in [3.63, 3.8) is 0 Å². The summed E-state index contributed by atoms with van der Waals surface area (Å²) in [5.41, 5.74) is 2.10. The van der Waals surface area contributed by atoms with Crippen molar-refractivity contribution in [1.82, 2.24) is 5.32 Å². The molecule has 138 valence electrons. The Morgan fingerprint density at radius 2 is 2.00 bits per heavy atom. The van der Waals surface area contributed by atoms with Gasteiger partial charge in [-0.1, -0.05) is 56.0 Å². The van der Waals surface area contributed by atoms with Gasteiger partial charge in [0.15, 0.2) is 0 Å². The Hall–Kier alpha value is -2.07. The van der Waals surface area contributed by atoms with Crippen LogP contribution >= 0.6 is 11.3 Å². The molecule has 2 aromatic rings. The summed E-state index contributed by atoms with van der Waals surface area (Å²) in [4.78, 5) is 13.3. The highest BCUT2D eigenvalue weighted by molar-refractivity contribution is 7.12. The van der Waals surface area contributed by atoms with E-state index in [1.165, 1.54) is 37.0 Å². The fourth-order valence-electron chi connectivity index (χ4n) is 3.34. The number of rotatable bonds is 6. The zero-order valence-electron chi connectivity index (χ0n) is 15.4. The van der Waals surface area contributed by atoms with E-state index in [2.05, 4.69) is 5.32 Å². The normalized spacial score (nSPS) is 15.7. The van der Waals surface area contributed by atoms with Crippen LogP contribution in [0, 0.1) is 0 Å². The van der Waals surface area contributed by atoms with Gasteiger partial charge in [-0.25, -0.2) is 0 Å². The number of amides is 1. The lowest BCUT2D eigenvalue weighted by atomic mass is 10.1. The molecule has 1 aromatic heterocycles. The molecule has 0 aliphatic heterocycles. The molecule has 1 aromatic carbocycles. The van der Waals surface area contributed by atoms with Crippen LogP contribution in [0.5, 0.6) is 5.75 Å². The number of carbonyl (C=O) groups is 1. The number of para-hydroxylation sites is 1. The maximum atomic E-state index is 12.5. The van der Waals surface area contributed by atoms with Crippen molar-refractivity contribution in [2.24, 2.45) is 0 Å². The van der Waals surface area contributed by atoms with E-state index in [-0.39, 0.29) is 5.91 Å². The second-order valence-corrected chi connectivity index (χ2v) is 7.72. The van der Waals surface area contributed by atoms with Crippen LogP contribution in [0.4, 0.5) is 0 Å². The van der Waals surface area contributed by atoms with E-state index in [9.17, 15) is 4.79 Å². The van der Waals surface area contributed by atoms with Gasteiger partial charge in [0.25, 0.3) is 5.91 Å². The predicted molar refractivity (Wildman–Crippen MR) is 109 cm³/mol. The van der Waals surface area contributed by atoms with Crippen LogP contribution in [0.15, 0.2) is 41.8 Å². The quantitative estimate of drug-likeness (QED) is 0.652. The average Bonchev–Trinajstić information content (AvgIpc) is 2.99. The van der Waals surface area contributed by atoms with Gasteiger partial charge in [0, 0.05) is 17.2 Å². The molecule has 1 aliphatic rings. The molecule has 1 N–H and O–H groups in total. The zero-order valence-corrected chi connectivity index (χ0v) is 16.2. The van der Waals surface area contributed by atoms with Crippen molar-refractivity contribution < 1.29 is 9.53 Å². The van der Waals surface area contributed by atoms with Crippen molar-refractivity contribution in [2.75, 3.05) is 0 Å². The lowest BCUT2D eigenvalue weighted by Gasteiger charge is -2.15. The largest absolute Gasteiger partial charge is 0.488 e. The molecule has 4 heteroatoms. The number of benzene rings is 1. The average molecular weight is 370 g/mol. The molecule has 0 unspecified atom stereocenters. The van der Waals surface area contributed by atoms with Gasteiger partial charge in [-0.3, -0.25) is 4.79 Å². The first kappa shape index (κ1) is 18.7. The highest BCUT2D eigenvalue weighted by atomic mass is 32.1. The predicted octanol–water partition coefficient (Wildman–Crippen LogP) is 5.81. The molecule has 1 aliphatic carbocycles. The van der Waals surface area contributed by atoms with Gasteiger partial charge in [-0.05, 0) is 37.3 Å². The third-order valence-corrected chi connectivity index (χ3v) is 5.71. The molecule has 26 heavy (non-hydrogen) atoms. The maximum Gasteiger partial charge on any atom is 0.261 e. The summed E-state index contributed by atoms with van der Waals surface area (Å²) in [6.07, 6.45) is 11.3. The number of hydrogen-bond donors (Lipinski definition) is 1. The number of allylic oxidation sites excluding steroid dienone is 1. The molecule has 1 fully saturated rings. The topological polar surface area (TPSA) is 38.3 Å². The van der Waals surface area contributed by atoms with Crippen molar-refractivity contribution in [2.45, 2.75) is 58.1 Å². The summed E-state index contributed by atoms with van der Waals surface area (Å²) in [6, 6.07) is 10.3. The molecule has 0 atom stereocenters. The van der Waals surface area contributed by atoms with E-state index in [1.54, 1.807) is 0 Å². The van der Waals surface area contributed by atoms with E-state index in [0.29, 0.717) is 12.6 Å². The van der Waals surface area contributed by atoms with Crippen LogP contribution in [-0.4, -0.2) is 11.9 Å². The first-order chi connectivity index (χ1) is 12.8. The summed E-state index contributed by atoms with van der Waals surface area (Å²) >= 11 is 1.50. The fraction of sp³-hybridized carbons (Fsp3) is 0.409. The third-order valence-electron chi connectivity index (χ3n) is 4.73.